The van der Waals surface area contributed by atoms with Crippen molar-refractivity contribution in [2.45, 2.75) is 75.5 Å². The summed E-state index contributed by atoms with van der Waals surface area (Å²) in [5.74, 6) is -1.39. The largest absolute Gasteiger partial charge is 0.394 e. The predicted octanol–water partition coefficient (Wildman–Crippen LogP) is 5.86. The van der Waals surface area contributed by atoms with Gasteiger partial charge in [-0.3, -0.25) is 14.4 Å². The Labute approximate surface area is 293 Å². The molecule has 7 rings (SSSR count). The normalized spacial score (nSPS) is 26.3. The maximum atomic E-state index is 16.5. The van der Waals surface area contributed by atoms with Gasteiger partial charge >= 0.3 is 0 Å². The Hall–Kier alpha value is -4.45. The zero-order valence-corrected chi connectivity index (χ0v) is 29.7. The van der Waals surface area contributed by atoms with Gasteiger partial charge in [0.05, 0.1) is 42.3 Å². The Morgan fingerprint density at radius 3 is 2.50 bits per heavy atom. The standard InChI is InChI=1S/C39H43FN4O5Si/c1-5-19-42-33-17-15-29(44-35(46)18-16-32(41-44)26-11-7-6-8-12-26)21-31(33)39(38(42)48)25(2)37(50(3,4)40)34(49-39)22-36(47)43-23-28-14-10-9-13-27(28)20-30(43)24-45/h5-15,17,21,25,30,34,37,45H,1,16,18-20,22-24H2,2-4H3/t25-,30-,34+,37-,39+/m0/s1. The fourth-order valence-corrected chi connectivity index (χ4v) is 11.1. The van der Waals surface area contributed by atoms with Gasteiger partial charge in [0.15, 0.2) is 5.60 Å². The summed E-state index contributed by atoms with van der Waals surface area (Å²) < 4.78 is 23.4. The quantitative estimate of drug-likeness (QED) is 0.181. The maximum absolute atomic E-state index is 16.5. The van der Waals surface area contributed by atoms with Crippen LogP contribution in [0.25, 0.3) is 0 Å². The molecule has 4 aliphatic rings. The second kappa shape index (κ2) is 13.0. The molecule has 11 heteroatoms. The lowest BCUT2D eigenvalue weighted by Gasteiger charge is -2.37. The van der Waals surface area contributed by atoms with Gasteiger partial charge in [-0.1, -0.05) is 67.6 Å². The number of amides is 3. The van der Waals surface area contributed by atoms with Crippen molar-refractivity contribution in [1.29, 1.82) is 0 Å². The number of aliphatic hydroxyl groups excluding tert-OH is 1. The smallest absolute Gasteiger partial charge is 0.264 e. The van der Waals surface area contributed by atoms with Crippen molar-refractivity contribution in [2.75, 3.05) is 23.1 Å². The molecule has 3 amide bonds. The topological polar surface area (TPSA) is 103 Å². The third-order valence-corrected chi connectivity index (χ3v) is 13.4. The lowest BCUT2D eigenvalue weighted by atomic mass is 9.82. The van der Waals surface area contributed by atoms with Crippen LogP contribution in [-0.4, -0.2) is 67.1 Å². The van der Waals surface area contributed by atoms with Crippen LogP contribution in [0.15, 0.2) is 90.6 Å². The summed E-state index contributed by atoms with van der Waals surface area (Å²) in [6.45, 7) is 9.26. The molecule has 4 aliphatic heterocycles. The first kappa shape index (κ1) is 34.0. The van der Waals surface area contributed by atoms with Crippen molar-refractivity contribution in [3.63, 3.8) is 0 Å². The van der Waals surface area contributed by atoms with E-state index < -0.39 is 37.6 Å². The van der Waals surface area contributed by atoms with Gasteiger partial charge in [-0.05, 0) is 54.4 Å². The van der Waals surface area contributed by atoms with E-state index in [1.54, 1.807) is 47.2 Å². The van der Waals surface area contributed by atoms with Crippen LogP contribution in [0, 0.1) is 5.92 Å². The molecule has 9 nitrogen and oxygen atoms in total. The fraction of sp³-hybridized carbons (Fsp3) is 0.385. The average Bonchev–Trinajstić information content (AvgIpc) is 3.54. The Morgan fingerprint density at radius 1 is 1.08 bits per heavy atom. The van der Waals surface area contributed by atoms with E-state index in [4.69, 9.17) is 9.84 Å². The minimum absolute atomic E-state index is 0.130. The highest BCUT2D eigenvalue weighted by Crippen LogP contribution is 2.60. The van der Waals surface area contributed by atoms with E-state index in [0.717, 1.165) is 22.4 Å². The fourth-order valence-electron chi connectivity index (χ4n) is 8.60. The van der Waals surface area contributed by atoms with Crippen molar-refractivity contribution in [1.82, 2.24) is 4.90 Å². The van der Waals surface area contributed by atoms with E-state index >= 15 is 4.11 Å². The molecule has 50 heavy (non-hydrogen) atoms. The lowest BCUT2D eigenvalue weighted by Crippen LogP contribution is -2.48. The van der Waals surface area contributed by atoms with Gasteiger partial charge in [-0.15, -0.1) is 6.58 Å². The van der Waals surface area contributed by atoms with Crippen LogP contribution in [0.1, 0.15) is 48.4 Å². The molecule has 4 heterocycles. The minimum atomic E-state index is -3.56. The molecule has 0 saturated carbocycles. The molecule has 0 radical (unpaired) electrons. The molecule has 0 aliphatic carbocycles. The second-order valence-electron chi connectivity index (χ2n) is 14.3. The average molecular weight is 695 g/mol. The van der Waals surface area contributed by atoms with Gasteiger partial charge in [0.1, 0.15) is 0 Å². The molecule has 1 fully saturated rings. The second-order valence-corrected chi connectivity index (χ2v) is 18.1. The van der Waals surface area contributed by atoms with Gasteiger partial charge in [0.2, 0.25) is 20.2 Å². The summed E-state index contributed by atoms with van der Waals surface area (Å²) in [5.41, 5.74) is 3.13. The highest BCUT2D eigenvalue weighted by molar-refractivity contribution is 6.72. The first-order valence-electron chi connectivity index (χ1n) is 17.3. The number of nitrogens with zero attached hydrogens (tertiary/aromatic N) is 4. The minimum Gasteiger partial charge on any atom is -0.394 e. The molecule has 3 aromatic rings. The maximum Gasteiger partial charge on any atom is 0.264 e. The molecule has 1 N–H and O–H groups in total. The Balaban J connectivity index is 1.27. The van der Waals surface area contributed by atoms with E-state index in [-0.39, 0.29) is 43.7 Å². The van der Waals surface area contributed by atoms with Gasteiger partial charge in [-0.2, -0.15) is 5.10 Å². The number of ether oxygens (including phenoxy) is 1. The predicted molar refractivity (Wildman–Crippen MR) is 193 cm³/mol. The summed E-state index contributed by atoms with van der Waals surface area (Å²) in [5, 5.41) is 16.4. The van der Waals surface area contributed by atoms with E-state index in [9.17, 15) is 19.5 Å². The summed E-state index contributed by atoms with van der Waals surface area (Å²) in [7, 11) is -3.56. The first-order valence-corrected chi connectivity index (χ1v) is 20.3. The number of benzene rings is 3. The van der Waals surface area contributed by atoms with Crippen molar-refractivity contribution < 1.29 is 28.3 Å². The molecule has 0 aromatic heterocycles. The van der Waals surface area contributed by atoms with Crippen molar-refractivity contribution in [3.8, 4) is 0 Å². The summed E-state index contributed by atoms with van der Waals surface area (Å²) in [6, 6.07) is 22.5. The molecule has 0 bridgehead atoms. The summed E-state index contributed by atoms with van der Waals surface area (Å²) >= 11 is 0. The number of rotatable bonds is 8. The van der Waals surface area contributed by atoms with Crippen LogP contribution in [0.5, 0.6) is 0 Å². The molecule has 1 saturated heterocycles. The number of carbonyl (C=O) groups is 3. The van der Waals surface area contributed by atoms with E-state index in [1.807, 2.05) is 61.5 Å². The van der Waals surface area contributed by atoms with Crippen LogP contribution in [0.4, 0.5) is 15.5 Å². The number of hydrazone groups is 1. The number of anilines is 2. The van der Waals surface area contributed by atoms with Crippen molar-refractivity contribution >= 4 is 43.2 Å². The van der Waals surface area contributed by atoms with Gasteiger partial charge in [-0.25, -0.2) is 5.01 Å². The lowest BCUT2D eigenvalue weighted by molar-refractivity contribution is -0.150. The third kappa shape index (κ3) is 5.61. The summed E-state index contributed by atoms with van der Waals surface area (Å²) in [6.07, 6.45) is 1.92. The van der Waals surface area contributed by atoms with Crippen LogP contribution < -0.4 is 9.91 Å². The SMILES string of the molecule is C=CCN1C(=O)[C@]2(O[C@H](CC(=O)N3Cc4ccccc4C[C@H]3CO)[C@@H]([Si](C)(C)F)[C@@H]2C)c2cc(N3N=C(c4ccccc4)CCC3=O)ccc21. The van der Waals surface area contributed by atoms with E-state index in [0.29, 0.717) is 36.3 Å². The number of halogens is 1. The Morgan fingerprint density at radius 2 is 1.80 bits per heavy atom. The number of hydrogen-bond donors (Lipinski definition) is 1. The Kier molecular flexibility index (Phi) is 8.86. The van der Waals surface area contributed by atoms with Gasteiger partial charge < -0.3 is 23.8 Å². The highest BCUT2D eigenvalue weighted by Gasteiger charge is 2.67. The molecule has 1 spiro atoms. The number of aliphatic hydroxyl groups is 1. The summed E-state index contributed by atoms with van der Waals surface area (Å²) in [4.78, 5) is 45.3. The van der Waals surface area contributed by atoms with Crippen LogP contribution in [0.2, 0.25) is 18.6 Å². The van der Waals surface area contributed by atoms with Crippen LogP contribution >= 0.6 is 0 Å². The third-order valence-electron chi connectivity index (χ3n) is 10.9. The molecule has 5 atom stereocenters. The van der Waals surface area contributed by atoms with Crippen molar-refractivity contribution in [2.24, 2.45) is 11.0 Å². The number of carbonyl (C=O) groups excluding carboxylic acids is 3. The van der Waals surface area contributed by atoms with Gasteiger partial charge in [0, 0.05) is 43.0 Å². The molecule has 260 valence electrons. The Bertz CT molecular complexity index is 1880. The molecular formula is C39H43FN4O5Si. The first-order chi connectivity index (χ1) is 24.0. The monoisotopic (exact) mass is 694 g/mol. The van der Waals surface area contributed by atoms with E-state index in [2.05, 4.69) is 6.58 Å². The van der Waals surface area contributed by atoms with Crippen LogP contribution in [-0.2, 0) is 37.7 Å². The zero-order valence-electron chi connectivity index (χ0n) is 28.7. The van der Waals surface area contributed by atoms with Crippen LogP contribution in [0.3, 0.4) is 0 Å². The molecule has 3 aromatic carbocycles. The van der Waals surface area contributed by atoms with E-state index in [1.165, 1.54) is 5.01 Å². The highest BCUT2D eigenvalue weighted by atomic mass is 28.4. The van der Waals surface area contributed by atoms with Crippen molar-refractivity contribution in [3.05, 3.63) is 108 Å². The molecular weight excluding hydrogens is 652 g/mol. The number of fused-ring (bicyclic) bond motifs is 3. The number of hydrogen-bond acceptors (Lipinski definition) is 6. The van der Waals surface area contributed by atoms with Gasteiger partial charge in [0.25, 0.3) is 5.91 Å². The molecule has 0 unspecified atom stereocenters. The zero-order chi connectivity index (χ0) is 35.4.